The van der Waals surface area contributed by atoms with Crippen molar-refractivity contribution in [2.45, 2.75) is 50.4 Å². The van der Waals surface area contributed by atoms with E-state index in [1.165, 1.54) is 41.0 Å². The molecule has 1 aromatic carbocycles. The zero-order chi connectivity index (χ0) is 17.4. The van der Waals surface area contributed by atoms with Crippen LogP contribution in [0.25, 0.3) is 0 Å². The number of benzene rings is 1. The third kappa shape index (κ3) is 3.43. The maximum absolute atomic E-state index is 10.7. The Kier molecular flexibility index (Phi) is 4.27. The van der Waals surface area contributed by atoms with Gasteiger partial charge in [0.1, 0.15) is 12.4 Å². The first-order valence-corrected chi connectivity index (χ1v) is 8.80. The fraction of sp³-hybridized carbons (Fsp3) is 0.500. The molecule has 1 fully saturated rings. The first-order chi connectivity index (χ1) is 12.1. The van der Waals surface area contributed by atoms with Crippen molar-refractivity contribution < 1.29 is 10.0 Å². The lowest BCUT2D eigenvalue weighted by Crippen LogP contribution is -2.38. The van der Waals surface area contributed by atoms with Gasteiger partial charge in [0, 0.05) is 18.6 Å². The van der Waals surface area contributed by atoms with Crippen molar-refractivity contribution in [2.75, 3.05) is 6.54 Å². The third-order valence-electron chi connectivity index (χ3n) is 5.17. The molecule has 0 unspecified atom stereocenters. The first kappa shape index (κ1) is 16.2. The highest BCUT2D eigenvalue weighted by Gasteiger charge is 2.38. The minimum Gasteiger partial charge on any atom is -0.390 e. The third-order valence-corrected chi connectivity index (χ3v) is 5.17. The van der Waals surface area contributed by atoms with E-state index in [0.717, 1.165) is 12.8 Å². The number of nitrogens with zero attached hydrogens (tertiary/aromatic N) is 4. The predicted molar refractivity (Wildman–Crippen MR) is 92.1 cm³/mol. The molecule has 0 bridgehead atoms. The number of hydrogen-bond acceptors (Lipinski definition) is 5. The van der Waals surface area contributed by atoms with Crippen LogP contribution in [0.5, 0.6) is 0 Å². The second-order valence-electron chi connectivity index (χ2n) is 7.01. The summed E-state index contributed by atoms with van der Waals surface area (Å²) < 4.78 is 1.45. The van der Waals surface area contributed by atoms with Crippen LogP contribution in [0, 0.1) is 10.1 Å². The van der Waals surface area contributed by atoms with E-state index in [0.29, 0.717) is 18.6 Å². The van der Waals surface area contributed by atoms with Crippen molar-refractivity contribution >= 4 is 5.69 Å². The summed E-state index contributed by atoms with van der Waals surface area (Å²) >= 11 is 0. The second kappa shape index (κ2) is 6.57. The number of aromatic nitrogens is 2. The lowest BCUT2D eigenvalue weighted by molar-refractivity contribution is -0.385. The van der Waals surface area contributed by atoms with Gasteiger partial charge in [-0.05, 0) is 36.8 Å². The molecule has 1 saturated carbocycles. The van der Waals surface area contributed by atoms with Crippen LogP contribution in [0.4, 0.5) is 5.69 Å². The van der Waals surface area contributed by atoms with Gasteiger partial charge in [-0.15, -0.1) is 0 Å². The smallest absolute Gasteiger partial charge is 0.306 e. The van der Waals surface area contributed by atoms with Crippen LogP contribution in [-0.4, -0.2) is 43.4 Å². The summed E-state index contributed by atoms with van der Waals surface area (Å²) in [5, 5.41) is 25.3. The van der Waals surface area contributed by atoms with Crippen LogP contribution in [0.15, 0.2) is 36.7 Å². The summed E-state index contributed by atoms with van der Waals surface area (Å²) in [6.45, 7) is 0.836. The minimum absolute atomic E-state index is 0.0454. The van der Waals surface area contributed by atoms with Crippen LogP contribution in [0.3, 0.4) is 0 Å². The van der Waals surface area contributed by atoms with Gasteiger partial charge in [-0.2, -0.15) is 5.10 Å². The number of aryl methyl sites for hydroxylation is 1. The topological polar surface area (TPSA) is 84.4 Å². The molecule has 1 N–H and O–H groups in total. The molecule has 2 aliphatic rings. The summed E-state index contributed by atoms with van der Waals surface area (Å²) in [5.41, 5.74) is 2.75. The van der Waals surface area contributed by atoms with Crippen LogP contribution in [0.2, 0.25) is 0 Å². The van der Waals surface area contributed by atoms with Crippen LogP contribution < -0.4 is 0 Å². The first-order valence-electron chi connectivity index (χ1n) is 8.80. The molecule has 1 heterocycles. The fourth-order valence-corrected chi connectivity index (χ4v) is 3.88. The summed E-state index contributed by atoms with van der Waals surface area (Å²) in [6, 6.07) is 9.47. The van der Waals surface area contributed by atoms with Gasteiger partial charge in [0.15, 0.2) is 0 Å². The van der Waals surface area contributed by atoms with E-state index in [-0.39, 0.29) is 12.2 Å². The molecular formula is C18H22N4O3. The molecular weight excluding hydrogens is 320 g/mol. The summed E-state index contributed by atoms with van der Waals surface area (Å²) in [6.07, 6.45) is 6.53. The van der Waals surface area contributed by atoms with Gasteiger partial charge in [0.05, 0.1) is 17.6 Å². The molecule has 4 rings (SSSR count). The molecule has 0 saturated heterocycles. The predicted octanol–water partition coefficient (Wildman–Crippen LogP) is 2.30. The molecule has 7 nitrogen and oxygen atoms in total. The van der Waals surface area contributed by atoms with E-state index in [1.54, 1.807) is 0 Å². The Labute approximate surface area is 146 Å². The quantitative estimate of drug-likeness (QED) is 0.616. The van der Waals surface area contributed by atoms with Crippen LogP contribution >= 0.6 is 0 Å². The van der Waals surface area contributed by atoms with Gasteiger partial charge in [0.25, 0.3) is 0 Å². The molecule has 25 heavy (non-hydrogen) atoms. The van der Waals surface area contributed by atoms with Crippen LogP contribution in [-0.2, 0) is 13.0 Å². The largest absolute Gasteiger partial charge is 0.390 e. The van der Waals surface area contributed by atoms with E-state index < -0.39 is 11.0 Å². The molecule has 2 aromatic rings. The molecule has 2 aliphatic carbocycles. The van der Waals surface area contributed by atoms with Gasteiger partial charge >= 0.3 is 5.69 Å². The van der Waals surface area contributed by atoms with Crippen molar-refractivity contribution in [2.24, 2.45) is 0 Å². The number of aliphatic hydroxyl groups is 1. The van der Waals surface area contributed by atoms with Crippen LogP contribution in [0.1, 0.15) is 36.4 Å². The van der Waals surface area contributed by atoms with E-state index in [9.17, 15) is 15.2 Å². The van der Waals surface area contributed by atoms with Gasteiger partial charge in [0.2, 0.25) is 0 Å². The SMILES string of the molecule is O=[N+]([O-])c1cnn(C[C@H](O)CN(C2CC2)[C@H]2CCc3ccccc32)c1. The Morgan fingerprint density at radius 2 is 2.16 bits per heavy atom. The van der Waals surface area contributed by atoms with Crippen molar-refractivity contribution in [3.8, 4) is 0 Å². The van der Waals surface area contributed by atoms with Crippen molar-refractivity contribution in [1.29, 1.82) is 0 Å². The average molecular weight is 342 g/mol. The standard InChI is InChI=1S/C18H22N4O3/c23-16(11-20-10-15(9-19-20)22(24)25)12-21(14-6-7-14)18-8-5-13-3-1-2-4-17(13)18/h1-4,9-10,14,16,18,23H,5-8,11-12H2/t16-,18-/m0/s1. The molecule has 0 amide bonds. The normalized spacial score (nSPS) is 20.6. The number of aliphatic hydroxyl groups excluding tert-OH is 1. The number of hydrogen-bond donors (Lipinski definition) is 1. The van der Waals surface area contributed by atoms with Gasteiger partial charge in [-0.3, -0.25) is 19.7 Å². The van der Waals surface area contributed by atoms with E-state index >= 15 is 0 Å². The number of rotatable bonds is 7. The highest BCUT2D eigenvalue weighted by atomic mass is 16.6. The summed E-state index contributed by atoms with van der Waals surface area (Å²) in [5.74, 6) is 0. The monoisotopic (exact) mass is 342 g/mol. The molecule has 0 spiro atoms. The van der Waals surface area contributed by atoms with E-state index in [2.05, 4.69) is 34.3 Å². The highest BCUT2D eigenvalue weighted by Crippen LogP contribution is 2.41. The van der Waals surface area contributed by atoms with E-state index in [1.807, 2.05) is 0 Å². The zero-order valence-corrected chi connectivity index (χ0v) is 14.0. The number of fused-ring (bicyclic) bond motifs is 1. The fourth-order valence-electron chi connectivity index (χ4n) is 3.88. The lowest BCUT2D eigenvalue weighted by Gasteiger charge is -2.31. The van der Waals surface area contributed by atoms with Gasteiger partial charge in [-0.25, -0.2) is 0 Å². The minimum atomic E-state index is -0.604. The van der Waals surface area contributed by atoms with Crippen molar-refractivity contribution in [1.82, 2.24) is 14.7 Å². The Bertz CT molecular complexity index is 771. The van der Waals surface area contributed by atoms with Gasteiger partial charge < -0.3 is 5.11 Å². The van der Waals surface area contributed by atoms with E-state index in [4.69, 9.17) is 0 Å². The highest BCUT2D eigenvalue weighted by molar-refractivity contribution is 5.34. The number of nitro groups is 1. The zero-order valence-electron chi connectivity index (χ0n) is 14.0. The lowest BCUT2D eigenvalue weighted by atomic mass is 10.1. The maximum atomic E-state index is 10.7. The summed E-state index contributed by atoms with van der Waals surface area (Å²) in [7, 11) is 0. The van der Waals surface area contributed by atoms with Gasteiger partial charge in [-0.1, -0.05) is 24.3 Å². The molecule has 2 atom stereocenters. The molecule has 7 heteroatoms. The Balaban J connectivity index is 1.44. The second-order valence-corrected chi connectivity index (χ2v) is 7.01. The Morgan fingerprint density at radius 3 is 2.88 bits per heavy atom. The van der Waals surface area contributed by atoms with Crippen molar-refractivity contribution in [3.63, 3.8) is 0 Å². The Morgan fingerprint density at radius 1 is 1.36 bits per heavy atom. The maximum Gasteiger partial charge on any atom is 0.306 e. The molecule has 132 valence electrons. The average Bonchev–Trinajstić information content (AvgIpc) is 3.17. The molecule has 0 aliphatic heterocycles. The molecule has 1 aromatic heterocycles. The summed E-state index contributed by atoms with van der Waals surface area (Å²) in [4.78, 5) is 12.7. The Hall–Kier alpha value is -2.25. The van der Waals surface area contributed by atoms with Crippen molar-refractivity contribution in [3.05, 3.63) is 57.9 Å². The molecule has 0 radical (unpaired) electrons.